The van der Waals surface area contributed by atoms with Gasteiger partial charge in [0.25, 0.3) is 5.91 Å². The standard InChI is InChI=1S/C29H33ClN2O4/c1-3-36-29(35)27-19(2)32(26(33)17-25(27)22-8-7-9-23(30)16-22)18-20-12-14-21(15-13-20)28(34)31-24-10-5-4-6-11-24/h7-9,12-16,24-25H,3-6,10-11,17-18H2,1-2H3,(H,31,34). The molecule has 7 heteroatoms. The zero-order valence-electron chi connectivity index (χ0n) is 20.9. The molecule has 1 unspecified atom stereocenters. The Morgan fingerprint density at radius 2 is 1.81 bits per heavy atom. The van der Waals surface area contributed by atoms with Crippen molar-refractivity contribution in [2.45, 2.75) is 70.9 Å². The molecular formula is C29H33ClN2O4. The van der Waals surface area contributed by atoms with E-state index < -0.39 is 11.9 Å². The van der Waals surface area contributed by atoms with Gasteiger partial charge >= 0.3 is 5.97 Å². The van der Waals surface area contributed by atoms with Crippen LogP contribution in [0.5, 0.6) is 0 Å². The second-order valence-electron chi connectivity index (χ2n) is 9.52. The largest absolute Gasteiger partial charge is 0.463 e. The molecule has 1 saturated carbocycles. The van der Waals surface area contributed by atoms with Crippen LogP contribution >= 0.6 is 11.6 Å². The van der Waals surface area contributed by atoms with Crippen LogP contribution in [0, 0.1) is 0 Å². The number of carbonyl (C=O) groups excluding carboxylic acids is 3. The smallest absolute Gasteiger partial charge is 0.336 e. The van der Waals surface area contributed by atoms with Crippen LogP contribution in [0.3, 0.4) is 0 Å². The molecular weight excluding hydrogens is 476 g/mol. The molecule has 36 heavy (non-hydrogen) atoms. The van der Waals surface area contributed by atoms with Crippen LogP contribution < -0.4 is 5.32 Å². The summed E-state index contributed by atoms with van der Waals surface area (Å²) in [4.78, 5) is 40.5. The molecule has 2 amide bonds. The lowest BCUT2D eigenvalue weighted by Gasteiger charge is -2.34. The zero-order valence-corrected chi connectivity index (χ0v) is 21.6. The van der Waals surface area contributed by atoms with Gasteiger partial charge in [-0.1, -0.05) is 55.1 Å². The van der Waals surface area contributed by atoms with Gasteiger partial charge in [0.2, 0.25) is 5.91 Å². The molecule has 2 aromatic rings. The van der Waals surface area contributed by atoms with E-state index in [1.165, 1.54) is 6.42 Å². The van der Waals surface area contributed by atoms with Gasteiger partial charge in [-0.2, -0.15) is 0 Å². The van der Waals surface area contributed by atoms with E-state index in [1.54, 1.807) is 43.0 Å². The fraction of sp³-hybridized carbons (Fsp3) is 0.414. The third-order valence-electron chi connectivity index (χ3n) is 7.07. The maximum absolute atomic E-state index is 13.2. The average Bonchev–Trinajstić information content (AvgIpc) is 2.87. The first-order chi connectivity index (χ1) is 17.4. The molecule has 2 aliphatic rings. The number of allylic oxidation sites excluding steroid dienone is 1. The molecule has 1 atom stereocenters. The quantitative estimate of drug-likeness (QED) is 0.483. The Balaban J connectivity index is 1.54. The second kappa shape index (κ2) is 11.7. The van der Waals surface area contributed by atoms with Crippen molar-refractivity contribution >= 4 is 29.4 Å². The predicted octanol–water partition coefficient (Wildman–Crippen LogP) is 5.76. The Hall–Kier alpha value is -3.12. The fourth-order valence-corrected chi connectivity index (χ4v) is 5.34. The van der Waals surface area contributed by atoms with Gasteiger partial charge in [0.1, 0.15) is 0 Å². The van der Waals surface area contributed by atoms with Crippen molar-refractivity contribution in [3.05, 3.63) is 81.5 Å². The Labute approximate surface area is 217 Å². The molecule has 0 spiro atoms. The average molecular weight is 509 g/mol. The number of ether oxygens (including phenoxy) is 1. The highest BCUT2D eigenvalue weighted by atomic mass is 35.5. The van der Waals surface area contributed by atoms with Crippen molar-refractivity contribution in [1.82, 2.24) is 10.2 Å². The van der Waals surface area contributed by atoms with Crippen molar-refractivity contribution in [3.63, 3.8) is 0 Å². The van der Waals surface area contributed by atoms with Crippen LogP contribution in [0.2, 0.25) is 5.02 Å². The molecule has 2 aromatic carbocycles. The van der Waals surface area contributed by atoms with Gasteiger partial charge < -0.3 is 15.0 Å². The molecule has 0 bridgehead atoms. The SMILES string of the molecule is CCOC(=O)C1=C(C)N(Cc2ccc(C(=O)NC3CCCCC3)cc2)C(=O)CC1c1cccc(Cl)c1. The Bertz CT molecular complexity index is 1150. The number of nitrogens with one attached hydrogen (secondary N) is 1. The number of esters is 1. The van der Waals surface area contributed by atoms with Crippen molar-refractivity contribution in [3.8, 4) is 0 Å². The second-order valence-corrected chi connectivity index (χ2v) is 9.95. The first-order valence-corrected chi connectivity index (χ1v) is 13.1. The van der Waals surface area contributed by atoms with Crippen molar-refractivity contribution < 1.29 is 19.1 Å². The molecule has 0 aromatic heterocycles. The van der Waals surface area contributed by atoms with E-state index >= 15 is 0 Å². The van der Waals surface area contributed by atoms with Crippen LogP contribution in [0.15, 0.2) is 59.8 Å². The van der Waals surface area contributed by atoms with E-state index in [2.05, 4.69) is 5.32 Å². The number of benzene rings is 2. The third kappa shape index (κ3) is 5.98. The van der Waals surface area contributed by atoms with Crippen molar-refractivity contribution in [2.75, 3.05) is 6.61 Å². The molecule has 1 N–H and O–H groups in total. The van der Waals surface area contributed by atoms with E-state index in [4.69, 9.17) is 16.3 Å². The topological polar surface area (TPSA) is 75.7 Å². The van der Waals surface area contributed by atoms with E-state index in [0.29, 0.717) is 28.4 Å². The van der Waals surface area contributed by atoms with E-state index in [0.717, 1.165) is 36.8 Å². The maximum Gasteiger partial charge on any atom is 0.336 e. The summed E-state index contributed by atoms with van der Waals surface area (Å²) in [7, 11) is 0. The molecule has 0 radical (unpaired) electrons. The van der Waals surface area contributed by atoms with Crippen LogP contribution in [0.25, 0.3) is 0 Å². The molecule has 1 heterocycles. The van der Waals surface area contributed by atoms with Crippen LogP contribution in [-0.2, 0) is 20.9 Å². The molecule has 6 nitrogen and oxygen atoms in total. The summed E-state index contributed by atoms with van der Waals surface area (Å²) in [5.41, 5.74) is 3.35. The van der Waals surface area contributed by atoms with Gasteiger partial charge in [-0.25, -0.2) is 4.79 Å². The van der Waals surface area contributed by atoms with Gasteiger partial charge in [0.15, 0.2) is 0 Å². The summed E-state index contributed by atoms with van der Waals surface area (Å²) in [5.74, 6) is -0.984. The van der Waals surface area contributed by atoms with E-state index in [-0.39, 0.29) is 30.9 Å². The minimum absolute atomic E-state index is 0.0625. The van der Waals surface area contributed by atoms with Crippen LogP contribution in [0.1, 0.15) is 79.8 Å². The monoisotopic (exact) mass is 508 g/mol. The summed E-state index contributed by atoms with van der Waals surface area (Å²) in [6.45, 7) is 4.10. The number of hydrogen-bond donors (Lipinski definition) is 1. The highest BCUT2D eigenvalue weighted by Crippen LogP contribution is 2.38. The first kappa shape index (κ1) is 26.0. The Morgan fingerprint density at radius 3 is 2.47 bits per heavy atom. The number of nitrogens with zero attached hydrogens (tertiary/aromatic N) is 1. The Morgan fingerprint density at radius 1 is 1.08 bits per heavy atom. The number of hydrogen-bond acceptors (Lipinski definition) is 4. The molecule has 4 rings (SSSR count). The highest BCUT2D eigenvalue weighted by Gasteiger charge is 2.37. The van der Waals surface area contributed by atoms with Gasteiger partial charge in [-0.15, -0.1) is 0 Å². The maximum atomic E-state index is 13.2. The molecule has 1 aliphatic carbocycles. The van der Waals surface area contributed by atoms with Gasteiger partial charge in [0, 0.05) is 34.7 Å². The lowest BCUT2D eigenvalue weighted by molar-refractivity contribution is -0.140. The van der Waals surface area contributed by atoms with Crippen molar-refractivity contribution in [1.29, 1.82) is 0 Å². The number of rotatable bonds is 7. The van der Waals surface area contributed by atoms with Crippen molar-refractivity contribution in [2.24, 2.45) is 0 Å². The van der Waals surface area contributed by atoms with Crippen LogP contribution in [0.4, 0.5) is 0 Å². The first-order valence-electron chi connectivity index (χ1n) is 12.7. The molecule has 1 aliphatic heterocycles. The normalized spacial score (nSPS) is 18.8. The number of carbonyl (C=O) groups is 3. The molecule has 190 valence electrons. The summed E-state index contributed by atoms with van der Waals surface area (Å²) in [6.07, 6.45) is 5.77. The Kier molecular flexibility index (Phi) is 8.47. The lowest BCUT2D eigenvalue weighted by atomic mass is 9.83. The summed E-state index contributed by atoms with van der Waals surface area (Å²) in [6, 6.07) is 14.8. The van der Waals surface area contributed by atoms with Gasteiger partial charge in [-0.05, 0) is 62.1 Å². The summed E-state index contributed by atoms with van der Waals surface area (Å²) in [5, 5.41) is 3.68. The zero-order chi connectivity index (χ0) is 25.7. The minimum Gasteiger partial charge on any atom is -0.463 e. The molecule has 1 fully saturated rings. The van der Waals surface area contributed by atoms with Gasteiger partial charge in [0.05, 0.1) is 18.7 Å². The molecule has 0 saturated heterocycles. The summed E-state index contributed by atoms with van der Waals surface area (Å²) < 4.78 is 5.36. The highest BCUT2D eigenvalue weighted by molar-refractivity contribution is 6.30. The van der Waals surface area contributed by atoms with E-state index in [9.17, 15) is 14.4 Å². The van der Waals surface area contributed by atoms with Gasteiger partial charge in [-0.3, -0.25) is 9.59 Å². The third-order valence-corrected chi connectivity index (χ3v) is 7.30. The summed E-state index contributed by atoms with van der Waals surface area (Å²) >= 11 is 6.19. The fourth-order valence-electron chi connectivity index (χ4n) is 5.14. The van der Waals surface area contributed by atoms with Crippen LogP contribution in [-0.4, -0.2) is 35.3 Å². The number of amides is 2. The van der Waals surface area contributed by atoms with E-state index in [1.807, 2.05) is 24.3 Å². The minimum atomic E-state index is -0.424. The number of halogens is 1. The lowest BCUT2D eigenvalue weighted by Crippen LogP contribution is -2.38. The predicted molar refractivity (Wildman–Crippen MR) is 139 cm³/mol.